The number of hydrogen-bond acceptors (Lipinski definition) is 10. The molecule has 2 rings (SSSR count). The summed E-state index contributed by atoms with van der Waals surface area (Å²) >= 11 is 0. The molecule has 10 heteroatoms. The van der Waals surface area contributed by atoms with Crippen molar-refractivity contribution in [3.63, 3.8) is 0 Å². The third-order valence-electron chi connectivity index (χ3n) is 4.98. The van der Waals surface area contributed by atoms with Crippen LogP contribution in [0.15, 0.2) is 18.2 Å². The summed E-state index contributed by atoms with van der Waals surface area (Å²) in [4.78, 5) is 47.1. The van der Waals surface area contributed by atoms with Gasteiger partial charge in [0.05, 0.1) is 0 Å². The van der Waals surface area contributed by atoms with Crippen LogP contribution in [0.4, 0.5) is 0 Å². The van der Waals surface area contributed by atoms with E-state index in [9.17, 15) is 19.2 Å². The maximum atomic E-state index is 11.9. The Bertz CT molecular complexity index is 909. The minimum atomic E-state index is -1.28. The molecule has 1 aliphatic heterocycles. The lowest BCUT2D eigenvalue weighted by Gasteiger charge is -2.44. The van der Waals surface area contributed by atoms with Gasteiger partial charge in [-0.1, -0.05) is 26.0 Å². The standard InChI is InChI=1S/C24H32O10/c1-12(2)18-9-8-13(3)10-19(18)33-24-23(32-17(7)28)22(31-16(6)27)21(30-15(5)26)20(34-24)11-29-14(4)25/h8-10,12,20-24H,11H2,1-7H3/t20-,21-,22+,23-,24-/m1/s1. The fraction of sp³-hybridized carbons (Fsp3) is 0.583. The number of ether oxygens (including phenoxy) is 6. The van der Waals surface area contributed by atoms with Crippen LogP contribution in [0.2, 0.25) is 0 Å². The average molecular weight is 481 g/mol. The van der Waals surface area contributed by atoms with Crippen LogP contribution in [0.1, 0.15) is 58.6 Å². The van der Waals surface area contributed by atoms with Crippen LogP contribution >= 0.6 is 0 Å². The van der Waals surface area contributed by atoms with E-state index in [1.807, 2.05) is 39.0 Å². The summed E-state index contributed by atoms with van der Waals surface area (Å²) in [5, 5.41) is 0. The number of hydrogen-bond donors (Lipinski definition) is 0. The normalized spacial score (nSPS) is 24.2. The molecule has 0 bridgehead atoms. The van der Waals surface area contributed by atoms with Crippen molar-refractivity contribution in [2.24, 2.45) is 0 Å². The van der Waals surface area contributed by atoms with E-state index in [0.29, 0.717) is 5.75 Å². The molecule has 188 valence electrons. The number of aryl methyl sites for hydroxylation is 1. The number of rotatable bonds is 8. The molecule has 5 atom stereocenters. The van der Waals surface area contributed by atoms with Gasteiger partial charge in [-0.05, 0) is 30.0 Å². The van der Waals surface area contributed by atoms with Crippen molar-refractivity contribution in [3.8, 4) is 5.75 Å². The predicted octanol–water partition coefficient (Wildman–Crippen LogP) is 2.58. The Hall–Kier alpha value is -3.14. The summed E-state index contributed by atoms with van der Waals surface area (Å²) < 4.78 is 33.5. The molecule has 1 fully saturated rings. The van der Waals surface area contributed by atoms with Gasteiger partial charge in [-0.2, -0.15) is 0 Å². The largest absolute Gasteiger partial charge is 0.463 e. The van der Waals surface area contributed by atoms with Gasteiger partial charge < -0.3 is 28.4 Å². The molecular weight excluding hydrogens is 448 g/mol. The molecule has 1 heterocycles. The van der Waals surface area contributed by atoms with E-state index in [1.54, 1.807) is 0 Å². The van der Waals surface area contributed by atoms with E-state index in [2.05, 4.69) is 0 Å². The second kappa shape index (κ2) is 11.8. The summed E-state index contributed by atoms with van der Waals surface area (Å²) in [6.07, 6.45) is -6.12. The molecule has 0 spiro atoms. The van der Waals surface area contributed by atoms with Crippen LogP contribution in [0.3, 0.4) is 0 Å². The van der Waals surface area contributed by atoms with Gasteiger partial charge >= 0.3 is 23.9 Å². The molecule has 1 aromatic rings. The minimum absolute atomic E-state index is 0.0984. The molecule has 0 unspecified atom stereocenters. The smallest absolute Gasteiger partial charge is 0.303 e. The van der Waals surface area contributed by atoms with Crippen molar-refractivity contribution in [3.05, 3.63) is 29.3 Å². The Morgan fingerprint density at radius 2 is 1.41 bits per heavy atom. The van der Waals surface area contributed by atoms with E-state index in [1.165, 1.54) is 27.7 Å². The second-order valence-corrected chi connectivity index (χ2v) is 8.38. The first kappa shape index (κ1) is 27.1. The molecule has 0 aliphatic carbocycles. The van der Waals surface area contributed by atoms with Crippen molar-refractivity contribution in [1.82, 2.24) is 0 Å². The monoisotopic (exact) mass is 480 g/mol. The van der Waals surface area contributed by atoms with Crippen LogP contribution in [0.25, 0.3) is 0 Å². The van der Waals surface area contributed by atoms with E-state index in [4.69, 9.17) is 28.4 Å². The van der Waals surface area contributed by atoms with Crippen molar-refractivity contribution in [2.45, 2.75) is 85.1 Å². The van der Waals surface area contributed by atoms with Crippen LogP contribution in [0, 0.1) is 6.92 Å². The number of carbonyl (C=O) groups is 4. The summed E-state index contributed by atoms with van der Waals surface area (Å²) in [5.74, 6) is -2.09. The van der Waals surface area contributed by atoms with E-state index in [-0.39, 0.29) is 12.5 Å². The quantitative estimate of drug-likeness (QED) is 0.405. The summed E-state index contributed by atoms with van der Waals surface area (Å²) in [6, 6.07) is 5.67. The van der Waals surface area contributed by atoms with E-state index < -0.39 is 54.6 Å². The highest BCUT2D eigenvalue weighted by molar-refractivity contribution is 5.68. The Morgan fingerprint density at radius 1 is 0.853 bits per heavy atom. The highest BCUT2D eigenvalue weighted by Crippen LogP contribution is 2.34. The zero-order valence-corrected chi connectivity index (χ0v) is 20.5. The molecule has 34 heavy (non-hydrogen) atoms. The van der Waals surface area contributed by atoms with Gasteiger partial charge in [0.25, 0.3) is 0 Å². The Labute approximate surface area is 198 Å². The van der Waals surface area contributed by atoms with Crippen LogP contribution < -0.4 is 4.74 Å². The molecule has 0 N–H and O–H groups in total. The lowest BCUT2D eigenvalue weighted by molar-refractivity contribution is -0.288. The van der Waals surface area contributed by atoms with Crippen molar-refractivity contribution >= 4 is 23.9 Å². The van der Waals surface area contributed by atoms with Crippen molar-refractivity contribution in [2.75, 3.05) is 6.61 Å². The first-order valence-corrected chi connectivity index (χ1v) is 11.0. The highest BCUT2D eigenvalue weighted by atomic mass is 16.7. The van der Waals surface area contributed by atoms with Gasteiger partial charge in [-0.15, -0.1) is 0 Å². The molecule has 10 nitrogen and oxygen atoms in total. The minimum Gasteiger partial charge on any atom is -0.463 e. The SMILES string of the molecule is CC(=O)OC[C@H]1O[C@@H](Oc2cc(C)ccc2C(C)C)[C@H](OC(C)=O)[C@@H](OC(C)=O)[C@@H]1OC(C)=O. The van der Waals surface area contributed by atoms with Crippen LogP contribution in [-0.2, 0) is 42.9 Å². The van der Waals surface area contributed by atoms with Gasteiger partial charge in [-0.25, -0.2) is 0 Å². The maximum Gasteiger partial charge on any atom is 0.303 e. The van der Waals surface area contributed by atoms with E-state index >= 15 is 0 Å². The maximum absolute atomic E-state index is 11.9. The first-order valence-electron chi connectivity index (χ1n) is 11.0. The summed E-state index contributed by atoms with van der Waals surface area (Å²) in [5.41, 5.74) is 1.79. The fourth-order valence-corrected chi connectivity index (χ4v) is 3.63. The Balaban J connectivity index is 2.54. The third kappa shape index (κ3) is 7.44. The van der Waals surface area contributed by atoms with Crippen molar-refractivity contribution < 1.29 is 47.6 Å². The van der Waals surface area contributed by atoms with Gasteiger partial charge in [0.2, 0.25) is 12.4 Å². The lowest BCUT2D eigenvalue weighted by atomic mass is 9.97. The summed E-state index contributed by atoms with van der Waals surface area (Å²) in [6.45, 7) is 10.3. The zero-order chi connectivity index (χ0) is 25.6. The Kier molecular flexibility index (Phi) is 9.43. The second-order valence-electron chi connectivity index (χ2n) is 8.38. The topological polar surface area (TPSA) is 124 Å². The molecule has 1 aliphatic rings. The summed E-state index contributed by atoms with van der Waals surface area (Å²) in [7, 11) is 0. The molecule has 1 saturated heterocycles. The predicted molar refractivity (Wildman–Crippen MR) is 118 cm³/mol. The molecule has 0 saturated carbocycles. The molecular formula is C24H32O10. The number of esters is 4. The lowest BCUT2D eigenvalue weighted by Crippen LogP contribution is -2.63. The number of benzene rings is 1. The average Bonchev–Trinajstić information content (AvgIpc) is 2.69. The molecule has 1 aromatic carbocycles. The van der Waals surface area contributed by atoms with Gasteiger partial charge in [0.15, 0.2) is 12.2 Å². The molecule has 0 amide bonds. The number of carbonyl (C=O) groups excluding carboxylic acids is 4. The van der Waals surface area contributed by atoms with Crippen molar-refractivity contribution in [1.29, 1.82) is 0 Å². The zero-order valence-electron chi connectivity index (χ0n) is 20.5. The first-order chi connectivity index (χ1) is 15.9. The van der Waals surface area contributed by atoms with Gasteiger partial charge in [0.1, 0.15) is 18.5 Å². The van der Waals surface area contributed by atoms with Gasteiger partial charge in [-0.3, -0.25) is 19.2 Å². The van der Waals surface area contributed by atoms with Crippen LogP contribution in [-0.4, -0.2) is 61.2 Å². The highest BCUT2D eigenvalue weighted by Gasteiger charge is 2.53. The Morgan fingerprint density at radius 3 is 1.94 bits per heavy atom. The fourth-order valence-electron chi connectivity index (χ4n) is 3.63. The van der Waals surface area contributed by atoms with E-state index in [0.717, 1.165) is 11.1 Å². The molecule has 0 radical (unpaired) electrons. The van der Waals surface area contributed by atoms with Gasteiger partial charge in [0, 0.05) is 27.7 Å². The van der Waals surface area contributed by atoms with Crippen LogP contribution in [0.5, 0.6) is 5.75 Å². The third-order valence-corrected chi connectivity index (χ3v) is 4.98. The molecule has 0 aromatic heterocycles.